The largest absolute Gasteiger partial charge is 0.383 e. The molecule has 26 heavy (non-hydrogen) atoms. The van der Waals surface area contributed by atoms with Crippen LogP contribution in [-0.2, 0) is 11.3 Å². The highest BCUT2D eigenvalue weighted by Crippen LogP contribution is 2.26. The summed E-state index contributed by atoms with van der Waals surface area (Å²) < 4.78 is 6.68. The first kappa shape index (κ1) is 17.5. The second kappa shape index (κ2) is 7.76. The molecule has 2 fully saturated rings. The molecule has 0 spiro atoms. The molecule has 1 aromatic carbocycles. The van der Waals surface area contributed by atoms with E-state index in [1.807, 2.05) is 6.07 Å². The van der Waals surface area contributed by atoms with Crippen molar-refractivity contribution in [2.24, 2.45) is 0 Å². The third-order valence-electron chi connectivity index (χ3n) is 5.87. The van der Waals surface area contributed by atoms with Crippen molar-refractivity contribution < 1.29 is 4.74 Å². The lowest BCUT2D eigenvalue weighted by atomic mass is 10.1. The SMILES string of the molecule is COCCn1cnc2cc(N3CCN(C4CCCC4)CC3)ccc2c1=O. The predicted octanol–water partition coefficient (Wildman–Crippen LogP) is 2.11. The number of ether oxygens (including phenoxy) is 1. The summed E-state index contributed by atoms with van der Waals surface area (Å²) in [4.78, 5) is 22.1. The van der Waals surface area contributed by atoms with E-state index in [1.165, 1.54) is 31.4 Å². The summed E-state index contributed by atoms with van der Waals surface area (Å²) in [5, 5.41) is 0.678. The van der Waals surface area contributed by atoms with Gasteiger partial charge in [0.15, 0.2) is 0 Å². The number of piperazine rings is 1. The van der Waals surface area contributed by atoms with Gasteiger partial charge in [0.25, 0.3) is 5.56 Å². The van der Waals surface area contributed by atoms with Crippen LogP contribution in [0.5, 0.6) is 0 Å². The van der Waals surface area contributed by atoms with Crippen molar-refractivity contribution in [3.05, 3.63) is 34.9 Å². The summed E-state index contributed by atoms with van der Waals surface area (Å²) in [6.45, 7) is 5.41. The fourth-order valence-electron chi connectivity index (χ4n) is 4.31. The molecule has 0 unspecified atom stereocenters. The highest BCUT2D eigenvalue weighted by Gasteiger charge is 2.26. The van der Waals surface area contributed by atoms with E-state index in [0.717, 1.165) is 37.7 Å². The molecule has 1 aliphatic heterocycles. The van der Waals surface area contributed by atoms with Crippen molar-refractivity contribution in [2.45, 2.75) is 38.3 Å². The van der Waals surface area contributed by atoms with Gasteiger partial charge >= 0.3 is 0 Å². The molecule has 0 radical (unpaired) electrons. The van der Waals surface area contributed by atoms with Gasteiger partial charge in [0.05, 0.1) is 30.4 Å². The lowest BCUT2D eigenvalue weighted by molar-refractivity contribution is 0.186. The van der Waals surface area contributed by atoms with Gasteiger partial charge in [-0.3, -0.25) is 14.3 Å². The summed E-state index contributed by atoms with van der Waals surface area (Å²) >= 11 is 0. The number of nitrogens with zero attached hydrogens (tertiary/aromatic N) is 4. The lowest BCUT2D eigenvalue weighted by Crippen LogP contribution is -2.49. The molecule has 2 aliphatic rings. The van der Waals surface area contributed by atoms with E-state index in [1.54, 1.807) is 18.0 Å². The molecule has 1 aliphatic carbocycles. The van der Waals surface area contributed by atoms with Gasteiger partial charge < -0.3 is 9.64 Å². The summed E-state index contributed by atoms with van der Waals surface area (Å²) in [5.41, 5.74) is 1.95. The Morgan fingerprint density at radius 3 is 2.65 bits per heavy atom. The Labute approximate surface area is 154 Å². The molecule has 1 aromatic heterocycles. The zero-order chi connectivity index (χ0) is 17.9. The summed E-state index contributed by atoms with van der Waals surface area (Å²) in [5.74, 6) is 0. The number of anilines is 1. The maximum Gasteiger partial charge on any atom is 0.261 e. The summed E-state index contributed by atoms with van der Waals surface area (Å²) in [6, 6.07) is 6.85. The third-order valence-corrected chi connectivity index (χ3v) is 5.87. The van der Waals surface area contributed by atoms with Crippen molar-refractivity contribution in [3.63, 3.8) is 0 Å². The number of benzene rings is 1. The molecule has 0 bridgehead atoms. The number of methoxy groups -OCH3 is 1. The topological polar surface area (TPSA) is 50.6 Å². The van der Waals surface area contributed by atoms with Crippen molar-refractivity contribution in [3.8, 4) is 0 Å². The van der Waals surface area contributed by atoms with Gasteiger partial charge in [-0.15, -0.1) is 0 Å². The number of hydrogen-bond acceptors (Lipinski definition) is 5. The van der Waals surface area contributed by atoms with Crippen LogP contribution in [0, 0.1) is 0 Å². The Kier molecular flexibility index (Phi) is 5.22. The Morgan fingerprint density at radius 1 is 1.15 bits per heavy atom. The molecule has 1 saturated carbocycles. The quantitative estimate of drug-likeness (QED) is 0.821. The number of hydrogen-bond donors (Lipinski definition) is 0. The maximum absolute atomic E-state index is 12.6. The normalized spacial score (nSPS) is 19.5. The minimum Gasteiger partial charge on any atom is -0.383 e. The van der Waals surface area contributed by atoms with Gasteiger partial charge in [-0.2, -0.15) is 0 Å². The van der Waals surface area contributed by atoms with Gasteiger partial charge in [0, 0.05) is 45.0 Å². The van der Waals surface area contributed by atoms with Gasteiger partial charge in [-0.05, 0) is 31.0 Å². The molecule has 0 amide bonds. The number of fused-ring (bicyclic) bond motifs is 1. The Bertz CT molecular complexity index is 805. The van der Waals surface area contributed by atoms with Gasteiger partial charge in [-0.1, -0.05) is 12.8 Å². The minimum absolute atomic E-state index is 0.00431. The first-order chi connectivity index (χ1) is 12.8. The Hall–Kier alpha value is -1.92. The third kappa shape index (κ3) is 3.48. The molecule has 2 aromatic rings. The van der Waals surface area contributed by atoms with Crippen LogP contribution in [-0.4, -0.2) is 60.4 Å². The molecule has 0 N–H and O–H groups in total. The molecular weight excluding hydrogens is 328 g/mol. The van der Waals surface area contributed by atoms with Crippen molar-refractivity contribution >= 4 is 16.6 Å². The zero-order valence-electron chi connectivity index (χ0n) is 15.6. The first-order valence-electron chi connectivity index (χ1n) is 9.73. The lowest BCUT2D eigenvalue weighted by Gasteiger charge is -2.39. The summed E-state index contributed by atoms with van der Waals surface area (Å²) in [7, 11) is 1.64. The molecule has 140 valence electrons. The van der Waals surface area contributed by atoms with E-state index in [2.05, 4.69) is 26.9 Å². The van der Waals surface area contributed by atoms with Crippen LogP contribution < -0.4 is 10.5 Å². The maximum atomic E-state index is 12.6. The van der Waals surface area contributed by atoms with Crippen LogP contribution in [0.3, 0.4) is 0 Å². The number of rotatable bonds is 5. The van der Waals surface area contributed by atoms with Crippen LogP contribution in [0.25, 0.3) is 10.9 Å². The van der Waals surface area contributed by atoms with E-state index >= 15 is 0 Å². The predicted molar refractivity (Wildman–Crippen MR) is 104 cm³/mol. The molecule has 0 atom stereocenters. The van der Waals surface area contributed by atoms with E-state index in [9.17, 15) is 4.79 Å². The Morgan fingerprint density at radius 2 is 1.92 bits per heavy atom. The van der Waals surface area contributed by atoms with Gasteiger partial charge in [0.2, 0.25) is 0 Å². The molecule has 1 saturated heterocycles. The first-order valence-corrected chi connectivity index (χ1v) is 9.73. The highest BCUT2D eigenvalue weighted by atomic mass is 16.5. The van der Waals surface area contributed by atoms with E-state index in [0.29, 0.717) is 18.5 Å². The van der Waals surface area contributed by atoms with Crippen molar-refractivity contribution in [1.82, 2.24) is 14.5 Å². The molecule has 6 nitrogen and oxygen atoms in total. The molecule has 6 heteroatoms. The van der Waals surface area contributed by atoms with Crippen LogP contribution in [0.2, 0.25) is 0 Å². The van der Waals surface area contributed by atoms with Crippen LogP contribution in [0.4, 0.5) is 5.69 Å². The molecular formula is C20H28N4O2. The zero-order valence-corrected chi connectivity index (χ0v) is 15.6. The minimum atomic E-state index is 0.00431. The number of aromatic nitrogens is 2. The van der Waals surface area contributed by atoms with Gasteiger partial charge in [0.1, 0.15) is 0 Å². The average Bonchev–Trinajstić information content (AvgIpc) is 3.22. The Balaban J connectivity index is 1.48. The van der Waals surface area contributed by atoms with Crippen LogP contribution in [0.15, 0.2) is 29.3 Å². The summed E-state index contributed by atoms with van der Waals surface area (Å²) in [6.07, 6.45) is 7.16. The fraction of sp³-hybridized carbons (Fsp3) is 0.600. The highest BCUT2D eigenvalue weighted by molar-refractivity contribution is 5.81. The van der Waals surface area contributed by atoms with Crippen LogP contribution in [0.1, 0.15) is 25.7 Å². The second-order valence-electron chi connectivity index (χ2n) is 7.40. The molecule has 2 heterocycles. The molecule has 4 rings (SSSR count). The average molecular weight is 356 g/mol. The van der Waals surface area contributed by atoms with E-state index in [-0.39, 0.29) is 5.56 Å². The smallest absolute Gasteiger partial charge is 0.261 e. The monoisotopic (exact) mass is 356 g/mol. The van der Waals surface area contributed by atoms with Gasteiger partial charge in [-0.25, -0.2) is 4.98 Å². The second-order valence-corrected chi connectivity index (χ2v) is 7.40. The van der Waals surface area contributed by atoms with Crippen molar-refractivity contribution in [1.29, 1.82) is 0 Å². The van der Waals surface area contributed by atoms with Crippen LogP contribution >= 0.6 is 0 Å². The van der Waals surface area contributed by atoms with E-state index < -0.39 is 0 Å². The standard InChI is InChI=1S/C20H28N4O2/c1-26-13-12-24-15-21-19-14-17(6-7-18(19)20(24)25)23-10-8-22(9-11-23)16-4-2-3-5-16/h6-7,14-16H,2-5,8-13H2,1H3. The van der Waals surface area contributed by atoms with Crippen molar-refractivity contribution in [2.75, 3.05) is 44.8 Å². The fourth-order valence-corrected chi connectivity index (χ4v) is 4.31. The van der Waals surface area contributed by atoms with E-state index in [4.69, 9.17) is 4.74 Å².